The first-order valence-electron chi connectivity index (χ1n) is 6.63. The fourth-order valence-electron chi connectivity index (χ4n) is 2.72. The van der Waals surface area contributed by atoms with E-state index in [9.17, 15) is 8.42 Å². The van der Waals surface area contributed by atoms with Gasteiger partial charge in [0.1, 0.15) is 5.15 Å². The number of nitrogens with one attached hydrogen (secondary N) is 1. The molecule has 112 valence electrons. The van der Waals surface area contributed by atoms with Crippen molar-refractivity contribution < 1.29 is 8.42 Å². The molecular weight excluding hydrogens is 310 g/mol. The van der Waals surface area contributed by atoms with Gasteiger partial charge in [-0.25, -0.2) is 18.1 Å². The van der Waals surface area contributed by atoms with E-state index in [1.807, 2.05) is 31.2 Å². The van der Waals surface area contributed by atoms with Gasteiger partial charge in [-0.05, 0) is 24.4 Å². The molecule has 2 atom stereocenters. The van der Waals surface area contributed by atoms with Gasteiger partial charge in [0, 0.05) is 29.9 Å². The predicted octanol–water partition coefficient (Wildman–Crippen LogP) is 2.01. The number of nitrogens with zero attached hydrogens (tertiary/aromatic N) is 2. The molecule has 1 aliphatic rings. The molecule has 1 aromatic heterocycles. The van der Waals surface area contributed by atoms with Crippen LogP contribution in [0.1, 0.15) is 6.92 Å². The second kappa shape index (κ2) is 5.12. The SMILES string of the molecule is C[C@@H]1[C@@H](NS(C)(=O)=O)CN1c1cccc2cc(Cl)ncc12. The molecule has 0 saturated carbocycles. The van der Waals surface area contributed by atoms with Crippen LogP contribution in [-0.2, 0) is 10.0 Å². The molecule has 21 heavy (non-hydrogen) atoms. The van der Waals surface area contributed by atoms with Crippen LogP contribution in [0.2, 0.25) is 5.15 Å². The van der Waals surface area contributed by atoms with Crippen molar-refractivity contribution in [1.29, 1.82) is 0 Å². The predicted molar refractivity (Wildman–Crippen MR) is 85.3 cm³/mol. The number of benzene rings is 1. The Morgan fingerprint density at radius 1 is 1.43 bits per heavy atom. The number of anilines is 1. The Morgan fingerprint density at radius 3 is 2.86 bits per heavy atom. The average molecular weight is 326 g/mol. The molecule has 0 aliphatic carbocycles. The van der Waals surface area contributed by atoms with Crippen LogP contribution in [-0.4, -0.2) is 38.3 Å². The zero-order chi connectivity index (χ0) is 15.2. The van der Waals surface area contributed by atoms with E-state index in [4.69, 9.17) is 11.6 Å². The lowest BCUT2D eigenvalue weighted by atomic mass is 9.96. The molecule has 0 unspecified atom stereocenters. The number of hydrogen-bond donors (Lipinski definition) is 1. The maximum atomic E-state index is 11.3. The molecule has 0 spiro atoms. The van der Waals surface area contributed by atoms with E-state index in [1.54, 1.807) is 6.20 Å². The fourth-order valence-corrected chi connectivity index (χ4v) is 3.71. The van der Waals surface area contributed by atoms with Crippen molar-refractivity contribution in [3.63, 3.8) is 0 Å². The van der Waals surface area contributed by atoms with Gasteiger partial charge in [0.05, 0.1) is 12.3 Å². The molecule has 3 rings (SSSR count). The number of fused-ring (bicyclic) bond motifs is 1. The average Bonchev–Trinajstić information content (AvgIpc) is 2.41. The second-order valence-corrected chi connectivity index (χ2v) is 7.56. The molecule has 0 bridgehead atoms. The lowest BCUT2D eigenvalue weighted by Crippen LogP contribution is -2.65. The first kappa shape index (κ1) is 14.6. The van der Waals surface area contributed by atoms with Gasteiger partial charge in [0.15, 0.2) is 0 Å². The highest BCUT2D eigenvalue weighted by molar-refractivity contribution is 7.88. The van der Waals surface area contributed by atoms with Crippen LogP contribution >= 0.6 is 11.6 Å². The molecule has 1 aromatic carbocycles. The lowest BCUT2D eigenvalue weighted by Gasteiger charge is -2.48. The fraction of sp³-hybridized carbons (Fsp3) is 0.357. The first-order valence-corrected chi connectivity index (χ1v) is 8.90. The topological polar surface area (TPSA) is 62.3 Å². The van der Waals surface area contributed by atoms with Gasteiger partial charge in [-0.2, -0.15) is 0 Å². The highest BCUT2D eigenvalue weighted by atomic mass is 35.5. The minimum absolute atomic E-state index is 0.0597. The molecule has 1 saturated heterocycles. The van der Waals surface area contributed by atoms with Gasteiger partial charge >= 0.3 is 0 Å². The molecule has 7 heteroatoms. The van der Waals surface area contributed by atoms with Crippen molar-refractivity contribution >= 4 is 38.1 Å². The summed E-state index contributed by atoms with van der Waals surface area (Å²) in [5.74, 6) is 0. The van der Waals surface area contributed by atoms with Crippen molar-refractivity contribution in [2.24, 2.45) is 0 Å². The maximum Gasteiger partial charge on any atom is 0.209 e. The number of rotatable bonds is 3. The molecule has 2 heterocycles. The Morgan fingerprint density at radius 2 is 2.19 bits per heavy atom. The third kappa shape index (κ3) is 2.84. The van der Waals surface area contributed by atoms with Crippen LogP contribution in [0, 0.1) is 0 Å². The summed E-state index contributed by atoms with van der Waals surface area (Å²) in [6.07, 6.45) is 2.95. The molecular formula is C14H16ClN3O2S. The summed E-state index contributed by atoms with van der Waals surface area (Å²) in [4.78, 5) is 6.31. The second-order valence-electron chi connectivity index (χ2n) is 5.39. The number of pyridine rings is 1. The van der Waals surface area contributed by atoms with E-state index in [0.717, 1.165) is 16.5 Å². The molecule has 1 aliphatic heterocycles. The van der Waals surface area contributed by atoms with Gasteiger partial charge in [0.2, 0.25) is 10.0 Å². The number of aromatic nitrogens is 1. The molecule has 1 fully saturated rings. The monoisotopic (exact) mass is 325 g/mol. The Labute approximate surface area is 129 Å². The van der Waals surface area contributed by atoms with Crippen LogP contribution in [0.5, 0.6) is 0 Å². The van der Waals surface area contributed by atoms with Crippen molar-refractivity contribution in [3.8, 4) is 0 Å². The van der Waals surface area contributed by atoms with Crippen LogP contribution in [0.3, 0.4) is 0 Å². The lowest BCUT2D eigenvalue weighted by molar-refractivity contribution is 0.376. The van der Waals surface area contributed by atoms with E-state index in [0.29, 0.717) is 11.7 Å². The summed E-state index contributed by atoms with van der Waals surface area (Å²) in [5, 5.41) is 2.51. The Hall–Kier alpha value is -1.37. The van der Waals surface area contributed by atoms with Crippen LogP contribution < -0.4 is 9.62 Å². The van der Waals surface area contributed by atoms with Crippen LogP contribution in [0.25, 0.3) is 10.8 Å². The summed E-state index contributed by atoms with van der Waals surface area (Å²) in [6.45, 7) is 2.66. The van der Waals surface area contributed by atoms with Crippen molar-refractivity contribution in [2.45, 2.75) is 19.0 Å². The maximum absolute atomic E-state index is 11.3. The van der Waals surface area contributed by atoms with Gasteiger partial charge in [-0.1, -0.05) is 23.7 Å². The number of sulfonamides is 1. The van der Waals surface area contributed by atoms with E-state index in [1.165, 1.54) is 6.26 Å². The van der Waals surface area contributed by atoms with Crippen molar-refractivity contribution in [2.75, 3.05) is 17.7 Å². The molecule has 2 aromatic rings. The third-order valence-corrected chi connectivity index (χ3v) is 4.79. The number of halogens is 1. The molecule has 0 radical (unpaired) electrons. The summed E-state index contributed by atoms with van der Waals surface area (Å²) >= 11 is 5.92. The van der Waals surface area contributed by atoms with E-state index >= 15 is 0 Å². The van der Waals surface area contributed by atoms with E-state index < -0.39 is 10.0 Å². The summed E-state index contributed by atoms with van der Waals surface area (Å²) < 4.78 is 25.3. The molecule has 5 nitrogen and oxygen atoms in total. The van der Waals surface area contributed by atoms with Crippen molar-refractivity contribution in [3.05, 3.63) is 35.6 Å². The minimum atomic E-state index is -3.18. The van der Waals surface area contributed by atoms with E-state index in [-0.39, 0.29) is 12.1 Å². The smallest absolute Gasteiger partial charge is 0.209 e. The number of hydrogen-bond acceptors (Lipinski definition) is 4. The minimum Gasteiger partial charge on any atom is -0.365 e. The van der Waals surface area contributed by atoms with Gasteiger partial charge < -0.3 is 4.90 Å². The Kier molecular flexibility index (Phi) is 3.55. The van der Waals surface area contributed by atoms with Crippen LogP contribution in [0.4, 0.5) is 5.69 Å². The zero-order valence-corrected chi connectivity index (χ0v) is 13.3. The summed E-state index contributed by atoms with van der Waals surface area (Å²) in [7, 11) is -3.18. The Bertz CT molecular complexity index is 794. The summed E-state index contributed by atoms with van der Waals surface area (Å²) in [5.41, 5.74) is 1.05. The zero-order valence-electron chi connectivity index (χ0n) is 11.7. The highest BCUT2D eigenvalue weighted by Crippen LogP contribution is 2.33. The van der Waals surface area contributed by atoms with Gasteiger partial charge in [-0.15, -0.1) is 0 Å². The van der Waals surface area contributed by atoms with Gasteiger partial charge in [0.25, 0.3) is 0 Å². The Balaban J connectivity index is 1.90. The first-order chi connectivity index (χ1) is 9.85. The van der Waals surface area contributed by atoms with Crippen molar-refractivity contribution in [1.82, 2.24) is 9.71 Å². The highest BCUT2D eigenvalue weighted by Gasteiger charge is 2.37. The third-order valence-electron chi connectivity index (χ3n) is 3.85. The van der Waals surface area contributed by atoms with Crippen LogP contribution in [0.15, 0.2) is 30.5 Å². The normalized spacial score (nSPS) is 22.3. The largest absolute Gasteiger partial charge is 0.365 e. The molecule has 1 N–H and O–H groups in total. The quantitative estimate of drug-likeness (QED) is 0.877. The molecule has 0 amide bonds. The van der Waals surface area contributed by atoms with E-state index in [2.05, 4.69) is 14.6 Å². The summed E-state index contributed by atoms with van der Waals surface area (Å²) in [6, 6.07) is 7.85. The standard InChI is InChI=1S/C14H16ClN3O2S/c1-9-12(17-21(2,19)20)8-18(9)13-5-3-4-10-6-14(15)16-7-11(10)13/h3-7,9,12,17H,8H2,1-2H3/t9-,12+/m1/s1. The van der Waals surface area contributed by atoms with Gasteiger partial charge in [-0.3, -0.25) is 0 Å².